The summed E-state index contributed by atoms with van der Waals surface area (Å²) < 4.78 is 12.5. The largest absolute Gasteiger partial charge is 0.462 e. The van der Waals surface area contributed by atoms with Gasteiger partial charge in [0.2, 0.25) is 0 Å². The monoisotopic (exact) mass is 514 g/mol. The van der Waals surface area contributed by atoms with Gasteiger partial charge in [-0.2, -0.15) is 0 Å². The maximum atomic E-state index is 13.8. The number of hydrogen-bond acceptors (Lipinski definition) is 5. The lowest BCUT2D eigenvalue weighted by Gasteiger charge is -2.74. The van der Waals surface area contributed by atoms with E-state index in [9.17, 15) is 14.7 Å². The third-order valence-electron chi connectivity index (χ3n) is 14.3. The Hall–Kier alpha value is -1.10. The summed E-state index contributed by atoms with van der Waals surface area (Å²) in [7, 11) is 0. The Morgan fingerprint density at radius 3 is 2.24 bits per heavy atom. The smallest absolute Gasteiger partial charge is 0.313 e. The molecule has 37 heavy (non-hydrogen) atoms. The third-order valence-corrected chi connectivity index (χ3v) is 14.3. The number of carbonyl (C=O) groups excluding carboxylic acids is 2. The maximum Gasteiger partial charge on any atom is 0.313 e. The highest BCUT2D eigenvalue weighted by molar-refractivity contribution is 5.82. The molecule has 6 aliphatic rings. The molecule has 5 nitrogen and oxygen atoms in total. The highest BCUT2D eigenvalue weighted by Crippen LogP contribution is 2.80. The van der Waals surface area contributed by atoms with Crippen LogP contribution in [-0.4, -0.2) is 34.9 Å². The molecule has 1 heterocycles. The minimum absolute atomic E-state index is 0.0132. The lowest BCUT2D eigenvalue weighted by atomic mass is 9.30. The van der Waals surface area contributed by atoms with Gasteiger partial charge in [-0.05, 0) is 92.3 Å². The molecule has 208 valence electrons. The molecule has 10 atom stereocenters. The Balaban J connectivity index is 1.44. The first-order valence-corrected chi connectivity index (χ1v) is 15.1. The van der Waals surface area contributed by atoms with Crippen LogP contribution in [0.1, 0.15) is 120 Å². The molecule has 2 bridgehead atoms. The molecule has 5 aliphatic carbocycles. The van der Waals surface area contributed by atoms with E-state index in [0.29, 0.717) is 18.3 Å². The van der Waals surface area contributed by atoms with Gasteiger partial charge in [0.25, 0.3) is 0 Å². The van der Waals surface area contributed by atoms with Gasteiger partial charge < -0.3 is 14.6 Å². The van der Waals surface area contributed by atoms with Crippen molar-refractivity contribution in [2.75, 3.05) is 0 Å². The number of hydrogen-bond donors (Lipinski definition) is 1. The van der Waals surface area contributed by atoms with Crippen LogP contribution in [0, 0.1) is 50.2 Å². The highest BCUT2D eigenvalue weighted by atomic mass is 16.6. The SMILES string of the molecule is CC(=O)OC1CC[C@@]2(C)[C@H](CC[C@]3(C)[C@H]2CC(O)[C@]24OC(=O)[C@@]5(CCC(C)(C)C[C@@H]52)CC[C@@]34C)C1(C)C. The molecule has 0 amide bonds. The van der Waals surface area contributed by atoms with E-state index in [4.69, 9.17) is 9.47 Å². The van der Waals surface area contributed by atoms with Gasteiger partial charge in [-0.3, -0.25) is 9.59 Å². The van der Waals surface area contributed by atoms with Crippen LogP contribution >= 0.6 is 0 Å². The average molecular weight is 515 g/mol. The van der Waals surface area contributed by atoms with E-state index >= 15 is 0 Å². The van der Waals surface area contributed by atoms with Crippen LogP contribution < -0.4 is 0 Å². The van der Waals surface area contributed by atoms with Gasteiger partial charge in [-0.25, -0.2) is 0 Å². The van der Waals surface area contributed by atoms with Gasteiger partial charge in [0.1, 0.15) is 11.7 Å². The number of ether oxygens (including phenoxy) is 2. The molecule has 1 aliphatic heterocycles. The van der Waals surface area contributed by atoms with Gasteiger partial charge >= 0.3 is 11.9 Å². The number of aliphatic hydroxyl groups is 1. The van der Waals surface area contributed by atoms with Gasteiger partial charge in [0, 0.05) is 23.7 Å². The summed E-state index contributed by atoms with van der Waals surface area (Å²) in [6.45, 7) is 18.1. The van der Waals surface area contributed by atoms with Crippen molar-refractivity contribution >= 4 is 11.9 Å². The summed E-state index contributed by atoms with van der Waals surface area (Å²) in [6, 6.07) is 0. The Bertz CT molecular complexity index is 1030. The Morgan fingerprint density at radius 1 is 0.892 bits per heavy atom. The second-order valence-electron chi connectivity index (χ2n) is 16.4. The van der Waals surface area contributed by atoms with E-state index in [2.05, 4.69) is 48.5 Å². The summed E-state index contributed by atoms with van der Waals surface area (Å²) >= 11 is 0. The van der Waals surface area contributed by atoms with Crippen molar-refractivity contribution in [1.29, 1.82) is 0 Å². The van der Waals surface area contributed by atoms with Gasteiger partial charge in [-0.1, -0.05) is 48.5 Å². The molecular weight excluding hydrogens is 464 g/mol. The minimum Gasteiger partial charge on any atom is -0.462 e. The quantitative estimate of drug-likeness (QED) is 0.407. The van der Waals surface area contributed by atoms with Crippen molar-refractivity contribution < 1.29 is 24.2 Å². The second kappa shape index (κ2) is 7.34. The summed E-state index contributed by atoms with van der Waals surface area (Å²) in [5.41, 5.74) is -1.38. The topological polar surface area (TPSA) is 72.8 Å². The minimum atomic E-state index is -0.779. The first kappa shape index (κ1) is 26.1. The molecular formula is C32H50O5. The summed E-state index contributed by atoms with van der Waals surface area (Å²) in [5, 5.41) is 12.3. The van der Waals surface area contributed by atoms with Crippen LogP contribution in [0.3, 0.4) is 0 Å². The summed E-state index contributed by atoms with van der Waals surface area (Å²) in [4.78, 5) is 25.7. The number of esters is 2. The Labute approximate surface area is 223 Å². The van der Waals surface area contributed by atoms with Crippen molar-refractivity contribution in [3.8, 4) is 0 Å². The average Bonchev–Trinajstić information content (AvgIpc) is 2.97. The van der Waals surface area contributed by atoms with Crippen LogP contribution in [0.4, 0.5) is 0 Å². The van der Waals surface area contributed by atoms with Crippen molar-refractivity contribution in [2.45, 2.75) is 137 Å². The molecule has 1 saturated heterocycles. The first-order valence-electron chi connectivity index (χ1n) is 15.1. The molecule has 0 aromatic rings. The molecule has 5 saturated carbocycles. The highest BCUT2D eigenvalue weighted by Gasteiger charge is 2.83. The van der Waals surface area contributed by atoms with E-state index in [1.165, 1.54) is 6.92 Å². The number of fused-ring (bicyclic) bond motifs is 4. The van der Waals surface area contributed by atoms with E-state index < -0.39 is 17.1 Å². The molecule has 2 unspecified atom stereocenters. The lowest BCUT2D eigenvalue weighted by molar-refractivity contribution is -0.317. The molecule has 0 aromatic heterocycles. The fourth-order valence-corrected chi connectivity index (χ4v) is 12.2. The number of aliphatic hydroxyl groups excluding tert-OH is 1. The lowest BCUT2D eigenvalue weighted by Crippen LogP contribution is -2.76. The first-order chi connectivity index (χ1) is 17.0. The van der Waals surface area contributed by atoms with E-state index in [1.807, 2.05) is 0 Å². The van der Waals surface area contributed by atoms with Gasteiger partial charge in [0.05, 0.1) is 11.5 Å². The Kier molecular flexibility index (Phi) is 5.19. The predicted molar refractivity (Wildman–Crippen MR) is 141 cm³/mol. The number of rotatable bonds is 1. The third kappa shape index (κ3) is 2.86. The molecule has 1 N–H and O–H groups in total. The molecule has 5 heteroatoms. The molecule has 6 rings (SSSR count). The van der Waals surface area contributed by atoms with Gasteiger partial charge in [0.15, 0.2) is 0 Å². The van der Waals surface area contributed by atoms with E-state index in [1.54, 1.807) is 0 Å². The van der Waals surface area contributed by atoms with Crippen LogP contribution in [0.15, 0.2) is 0 Å². The molecule has 0 radical (unpaired) electrons. The van der Waals surface area contributed by atoms with Crippen LogP contribution in [0.25, 0.3) is 0 Å². The summed E-state index contributed by atoms with van der Waals surface area (Å²) in [6.07, 6.45) is 8.83. The zero-order valence-corrected chi connectivity index (χ0v) is 24.5. The van der Waals surface area contributed by atoms with Crippen molar-refractivity contribution in [3.63, 3.8) is 0 Å². The van der Waals surface area contributed by atoms with Crippen LogP contribution in [0.5, 0.6) is 0 Å². The molecule has 6 fully saturated rings. The van der Waals surface area contributed by atoms with Gasteiger partial charge in [-0.15, -0.1) is 0 Å². The maximum absolute atomic E-state index is 13.8. The zero-order chi connectivity index (χ0) is 27.0. The van der Waals surface area contributed by atoms with Crippen molar-refractivity contribution in [1.82, 2.24) is 0 Å². The van der Waals surface area contributed by atoms with E-state index in [0.717, 1.165) is 57.8 Å². The standard InChI is InChI=1S/C32H50O5/c1-19(33)36-24-10-11-28(6)20(27(24,4)5)9-12-29(7)21(28)17-23(34)32-22-18-26(2,3)13-15-31(22,25(35)37-32)16-14-30(29,32)8/h20-24,34H,9-18H2,1-8H3/t20-,21+,22+,23?,24?,28+,29-,30+,31+,32-/m1/s1. The number of carbonyl (C=O) groups is 2. The fraction of sp³-hybridized carbons (Fsp3) is 0.938. The Morgan fingerprint density at radius 2 is 1.57 bits per heavy atom. The van der Waals surface area contributed by atoms with E-state index in [-0.39, 0.29) is 51.0 Å². The molecule has 0 aromatic carbocycles. The van der Waals surface area contributed by atoms with Crippen LogP contribution in [-0.2, 0) is 19.1 Å². The van der Waals surface area contributed by atoms with Crippen molar-refractivity contribution in [2.24, 2.45) is 50.2 Å². The van der Waals surface area contributed by atoms with Crippen LogP contribution in [0.2, 0.25) is 0 Å². The molecule has 1 spiro atoms. The van der Waals surface area contributed by atoms with Crippen molar-refractivity contribution in [3.05, 3.63) is 0 Å². The predicted octanol–water partition coefficient (Wildman–Crippen LogP) is 6.45. The second-order valence-corrected chi connectivity index (χ2v) is 16.4. The normalized spacial score (nSPS) is 55.2. The fourth-order valence-electron chi connectivity index (χ4n) is 12.2. The zero-order valence-electron chi connectivity index (χ0n) is 24.5. The summed E-state index contributed by atoms with van der Waals surface area (Å²) in [5.74, 6) is 0.660.